The molecular weight excluding hydrogens is 272 g/mol. The van der Waals surface area contributed by atoms with Crippen molar-refractivity contribution in [3.05, 3.63) is 18.0 Å². The first-order chi connectivity index (χ1) is 9.49. The Morgan fingerprint density at radius 2 is 2.05 bits per heavy atom. The predicted octanol–water partition coefficient (Wildman–Crippen LogP) is 1.99. The zero-order valence-electron chi connectivity index (χ0n) is 12.7. The quantitative estimate of drug-likeness (QED) is 0.763. The summed E-state index contributed by atoms with van der Waals surface area (Å²) in [6.07, 6.45) is 4.96. The maximum Gasteiger partial charge on any atom is 0.227 e. The third-order valence-corrected chi connectivity index (χ3v) is 3.89. The van der Waals surface area contributed by atoms with Crippen LogP contribution >= 0.6 is 11.8 Å². The molecule has 2 aromatic heterocycles. The topological polar surface area (TPSA) is 51.8 Å². The minimum Gasteiger partial charge on any atom is -0.347 e. The minimum atomic E-state index is 0.350. The fraction of sp³-hybridized carbons (Fsp3) is 0.615. The summed E-state index contributed by atoms with van der Waals surface area (Å²) in [6, 6.07) is 0.350. The lowest BCUT2D eigenvalue weighted by atomic mass is 10.3. The van der Waals surface area contributed by atoms with E-state index in [0.717, 1.165) is 23.3 Å². The van der Waals surface area contributed by atoms with Gasteiger partial charge in [0, 0.05) is 39.1 Å². The van der Waals surface area contributed by atoms with Gasteiger partial charge in [0.15, 0.2) is 5.16 Å². The second kappa shape index (κ2) is 6.30. The molecule has 0 fully saturated rings. The predicted molar refractivity (Wildman–Crippen MR) is 82.4 cm³/mol. The van der Waals surface area contributed by atoms with Gasteiger partial charge in [-0.25, -0.2) is 0 Å². The van der Waals surface area contributed by atoms with Gasteiger partial charge in [0.1, 0.15) is 0 Å². The van der Waals surface area contributed by atoms with Crippen LogP contribution < -0.4 is 4.90 Å². The van der Waals surface area contributed by atoms with E-state index in [1.165, 1.54) is 5.56 Å². The van der Waals surface area contributed by atoms with Gasteiger partial charge in [0.25, 0.3) is 0 Å². The molecule has 2 rings (SSSR count). The van der Waals surface area contributed by atoms with Crippen LogP contribution in [0.5, 0.6) is 0 Å². The lowest BCUT2D eigenvalue weighted by molar-refractivity contribution is 0.549. The van der Waals surface area contributed by atoms with E-state index in [-0.39, 0.29) is 0 Å². The van der Waals surface area contributed by atoms with Crippen LogP contribution in [0.25, 0.3) is 0 Å². The van der Waals surface area contributed by atoms with Crippen molar-refractivity contribution in [1.29, 1.82) is 0 Å². The number of aromatic nitrogens is 5. The second-order valence-corrected chi connectivity index (χ2v) is 6.32. The summed E-state index contributed by atoms with van der Waals surface area (Å²) in [4.78, 5) is 2.00. The normalized spacial score (nSPS) is 11.3. The third-order valence-electron chi connectivity index (χ3n) is 2.94. The van der Waals surface area contributed by atoms with E-state index in [2.05, 4.69) is 39.9 Å². The molecule has 0 aliphatic carbocycles. The number of rotatable bonds is 6. The van der Waals surface area contributed by atoms with Crippen LogP contribution in [0.3, 0.4) is 0 Å². The Hall–Kier alpha value is -1.50. The number of anilines is 1. The van der Waals surface area contributed by atoms with Gasteiger partial charge in [-0.15, -0.1) is 10.2 Å². The average molecular weight is 294 g/mol. The molecule has 0 aliphatic rings. The fourth-order valence-corrected chi connectivity index (χ4v) is 3.04. The highest BCUT2D eigenvalue weighted by Gasteiger charge is 2.16. The van der Waals surface area contributed by atoms with Crippen LogP contribution in [0.2, 0.25) is 0 Å². The van der Waals surface area contributed by atoms with Crippen LogP contribution in [0, 0.1) is 0 Å². The van der Waals surface area contributed by atoms with E-state index >= 15 is 0 Å². The van der Waals surface area contributed by atoms with E-state index in [9.17, 15) is 0 Å². The van der Waals surface area contributed by atoms with Crippen molar-refractivity contribution in [3.63, 3.8) is 0 Å². The molecule has 0 unspecified atom stereocenters. The Kier molecular flexibility index (Phi) is 4.69. The lowest BCUT2D eigenvalue weighted by Crippen LogP contribution is -2.17. The largest absolute Gasteiger partial charge is 0.347 e. The summed E-state index contributed by atoms with van der Waals surface area (Å²) in [5.74, 6) is 1.88. The monoisotopic (exact) mass is 294 g/mol. The summed E-state index contributed by atoms with van der Waals surface area (Å²) >= 11 is 1.74. The van der Waals surface area contributed by atoms with Crippen molar-refractivity contribution < 1.29 is 0 Å². The standard InChI is InChI=1S/C13H22N6S/c1-10(2)19-12(17(3)4)15-16-13(19)20-7-6-11-8-14-18(5)9-11/h8-10H,6-7H2,1-5H3. The summed E-state index contributed by atoms with van der Waals surface area (Å²) in [7, 11) is 5.93. The van der Waals surface area contributed by atoms with E-state index in [0.29, 0.717) is 6.04 Å². The summed E-state index contributed by atoms with van der Waals surface area (Å²) in [6.45, 7) is 4.31. The number of hydrogen-bond acceptors (Lipinski definition) is 5. The van der Waals surface area contributed by atoms with E-state index in [1.807, 2.05) is 36.9 Å². The molecule has 2 aromatic rings. The average Bonchev–Trinajstić information content (AvgIpc) is 2.96. The molecule has 2 heterocycles. The summed E-state index contributed by atoms with van der Waals surface area (Å²) < 4.78 is 4.01. The molecule has 7 heteroatoms. The first-order valence-corrected chi connectivity index (χ1v) is 7.70. The van der Waals surface area contributed by atoms with Crippen molar-refractivity contribution >= 4 is 17.7 Å². The van der Waals surface area contributed by atoms with Crippen molar-refractivity contribution in [2.45, 2.75) is 31.5 Å². The molecule has 0 bridgehead atoms. The number of thioether (sulfide) groups is 1. The molecule has 0 saturated carbocycles. The second-order valence-electron chi connectivity index (χ2n) is 5.26. The van der Waals surface area contributed by atoms with Gasteiger partial charge in [-0.2, -0.15) is 5.10 Å². The van der Waals surface area contributed by atoms with Gasteiger partial charge in [-0.05, 0) is 25.8 Å². The Morgan fingerprint density at radius 3 is 2.60 bits per heavy atom. The van der Waals surface area contributed by atoms with Gasteiger partial charge in [0.2, 0.25) is 5.95 Å². The number of hydrogen-bond donors (Lipinski definition) is 0. The van der Waals surface area contributed by atoms with Crippen LogP contribution in [0.15, 0.2) is 17.6 Å². The Morgan fingerprint density at radius 1 is 1.30 bits per heavy atom. The summed E-state index contributed by atoms with van der Waals surface area (Å²) in [5, 5.41) is 13.7. The Labute approximate surface area is 124 Å². The van der Waals surface area contributed by atoms with Crippen LogP contribution in [0.1, 0.15) is 25.5 Å². The molecule has 0 spiro atoms. The Bertz CT molecular complexity index is 557. The molecule has 0 aromatic carbocycles. The molecule has 0 atom stereocenters. The van der Waals surface area contributed by atoms with Gasteiger partial charge >= 0.3 is 0 Å². The highest BCUT2D eigenvalue weighted by Crippen LogP contribution is 2.25. The van der Waals surface area contributed by atoms with Crippen molar-refractivity contribution in [1.82, 2.24) is 24.5 Å². The van der Waals surface area contributed by atoms with Crippen molar-refractivity contribution in [2.24, 2.45) is 7.05 Å². The van der Waals surface area contributed by atoms with Gasteiger partial charge < -0.3 is 4.90 Å². The van der Waals surface area contributed by atoms with Crippen LogP contribution in [0.4, 0.5) is 5.95 Å². The number of nitrogens with zero attached hydrogens (tertiary/aromatic N) is 6. The molecule has 0 aliphatic heterocycles. The fourth-order valence-electron chi connectivity index (χ4n) is 1.99. The van der Waals surface area contributed by atoms with Crippen LogP contribution in [-0.4, -0.2) is 44.4 Å². The molecule has 110 valence electrons. The summed E-state index contributed by atoms with van der Waals surface area (Å²) in [5.41, 5.74) is 1.25. The lowest BCUT2D eigenvalue weighted by Gasteiger charge is -2.17. The van der Waals surface area contributed by atoms with Gasteiger partial charge in [-0.1, -0.05) is 11.8 Å². The highest BCUT2D eigenvalue weighted by molar-refractivity contribution is 7.99. The van der Waals surface area contributed by atoms with E-state index < -0.39 is 0 Å². The maximum atomic E-state index is 4.31. The Balaban J connectivity index is 2.02. The van der Waals surface area contributed by atoms with Crippen LogP contribution in [-0.2, 0) is 13.5 Å². The molecule has 20 heavy (non-hydrogen) atoms. The zero-order chi connectivity index (χ0) is 14.7. The van der Waals surface area contributed by atoms with Crippen molar-refractivity contribution in [2.75, 3.05) is 24.7 Å². The molecule has 6 nitrogen and oxygen atoms in total. The third kappa shape index (κ3) is 3.33. The van der Waals surface area contributed by atoms with E-state index in [1.54, 1.807) is 11.8 Å². The highest BCUT2D eigenvalue weighted by atomic mass is 32.2. The zero-order valence-corrected chi connectivity index (χ0v) is 13.6. The maximum absolute atomic E-state index is 4.31. The molecule has 0 radical (unpaired) electrons. The molecule has 0 amide bonds. The molecular formula is C13H22N6S. The minimum absolute atomic E-state index is 0.350. The molecule has 0 saturated heterocycles. The van der Waals surface area contributed by atoms with Gasteiger partial charge in [-0.3, -0.25) is 9.25 Å². The smallest absolute Gasteiger partial charge is 0.227 e. The van der Waals surface area contributed by atoms with Gasteiger partial charge in [0.05, 0.1) is 6.20 Å². The SMILES string of the molecule is CC(C)n1c(SCCc2cnn(C)c2)nnc1N(C)C. The molecule has 0 N–H and O–H groups in total. The number of aryl methyl sites for hydroxylation is 2. The first kappa shape index (κ1) is 14.9. The first-order valence-electron chi connectivity index (χ1n) is 6.71. The van der Waals surface area contributed by atoms with Crippen molar-refractivity contribution in [3.8, 4) is 0 Å². The van der Waals surface area contributed by atoms with E-state index in [4.69, 9.17) is 0 Å².